The zero-order valence-electron chi connectivity index (χ0n) is 11.3. The van der Waals surface area contributed by atoms with Crippen molar-refractivity contribution in [1.29, 1.82) is 0 Å². The number of amides is 2. The molecule has 1 aromatic rings. The number of carbonyl (C=O) groups is 2. The molecule has 6 nitrogen and oxygen atoms in total. The van der Waals surface area contributed by atoms with Crippen molar-refractivity contribution in [3.8, 4) is 11.5 Å². The molecule has 0 spiro atoms. The summed E-state index contributed by atoms with van der Waals surface area (Å²) in [5.74, 6) is -1.37. The molecule has 120 valence electrons. The van der Waals surface area contributed by atoms with E-state index < -0.39 is 12.1 Å². The number of halogens is 3. The minimum Gasteiger partial charge on any atom is -0.454 e. The van der Waals surface area contributed by atoms with Crippen molar-refractivity contribution in [3.05, 3.63) is 23.8 Å². The fourth-order valence-electron chi connectivity index (χ4n) is 1.73. The predicted octanol–water partition coefficient (Wildman–Crippen LogP) is 1.21. The van der Waals surface area contributed by atoms with Crippen LogP contribution in [0.25, 0.3) is 0 Å². The third-order valence-electron chi connectivity index (χ3n) is 2.82. The molecule has 0 atom stereocenters. The van der Waals surface area contributed by atoms with Crippen molar-refractivity contribution in [2.45, 2.75) is 12.6 Å². The van der Waals surface area contributed by atoms with Gasteiger partial charge in [-0.2, -0.15) is 13.2 Å². The van der Waals surface area contributed by atoms with E-state index >= 15 is 0 Å². The molecule has 0 unspecified atom stereocenters. The van der Waals surface area contributed by atoms with Crippen LogP contribution in [0.5, 0.6) is 11.5 Å². The van der Waals surface area contributed by atoms with Crippen LogP contribution in [-0.4, -0.2) is 37.9 Å². The predicted molar refractivity (Wildman–Crippen MR) is 68.6 cm³/mol. The average molecular weight is 318 g/mol. The second-order valence-corrected chi connectivity index (χ2v) is 4.43. The van der Waals surface area contributed by atoms with E-state index in [4.69, 9.17) is 9.47 Å². The summed E-state index contributed by atoms with van der Waals surface area (Å²) in [5.41, 5.74) is 0.351. The van der Waals surface area contributed by atoms with Gasteiger partial charge in [-0.05, 0) is 24.6 Å². The molecule has 0 aromatic heterocycles. The van der Waals surface area contributed by atoms with E-state index in [0.29, 0.717) is 17.1 Å². The first-order valence-corrected chi connectivity index (χ1v) is 6.41. The SMILES string of the molecule is O=C(NCCCNC(=O)C(F)(F)F)c1ccc2c(c1)OCO2. The summed E-state index contributed by atoms with van der Waals surface area (Å²) in [6.07, 6.45) is -4.71. The van der Waals surface area contributed by atoms with E-state index in [1.54, 1.807) is 17.4 Å². The Bertz CT molecular complexity index is 575. The lowest BCUT2D eigenvalue weighted by Gasteiger charge is -2.08. The lowest BCUT2D eigenvalue weighted by molar-refractivity contribution is -0.173. The molecule has 0 radical (unpaired) electrons. The molecule has 1 aromatic carbocycles. The number of hydrogen-bond acceptors (Lipinski definition) is 4. The van der Waals surface area contributed by atoms with Crippen molar-refractivity contribution >= 4 is 11.8 Å². The number of benzene rings is 1. The lowest BCUT2D eigenvalue weighted by Crippen LogP contribution is -2.38. The summed E-state index contributed by atoms with van der Waals surface area (Å²) in [5, 5.41) is 4.25. The molecule has 2 amide bonds. The van der Waals surface area contributed by atoms with E-state index in [-0.39, 0.29) is 32.2 Å². The fraction of sp³-hybridized carbons (Fsp3) is 0.385. The highest BCUT2D eigenvalue weighted by Gasteiger charge is 2.38. The summed E-state index contributed by atoms with van der Waals surface area (Å²) < 4.78 is 46.0. The molecular weight excluding hydrogens is 305 g/mol. The van der Waals surface area contributed by atoms with Crippen LogP contribution in [0.4, 0.5) is 13.2 Å². The molecule has 1 aliphatic rings. The molecular formula is C13H13F3N2O4. The van der Waals surface area contributed by atoms with Crippen molar-refractivity contribution in [1.82, 2.24) is 10.6 Å². The van der Waals surface area contributed by atoms with Gasteiger partial charge in [0.05, 0.1) is 0 Å². The lowest BCUT2D eigenvalue weighted by atomic mass is 10.2. The quantitative estimate of drug-likeness (QED) is 0.800. The van der Waals surface area contributed by atoms with Crippen LogP contribution >= 0.6 is 0 Å². The first-order chi connectivity index (χ1) is 10.4. The maximum absolute atomic E-state index is 11.9. The van der Waals surface area contributed by atoms with E-state index in [0.717, 1.165) is 0 Å². The fourth-order valence-corrected chi connectivity index (χ4v) is 1.73. The van der Waals surface area contributed by atoms with Gasteiger partial charge in [0.25, 0.3) is 5.91 Å². The highest BCUT2D eigenvalue weighted by atomic mass is 19.4. The molecule has 0 saturated heterocycles. The topological polar surface area (TPSA) is 76.7 Å². The number of hydrogen-bond donors (Lipinski definition) is 2. The number of fused-ring (bicyclic) bond motifs is 1. The molecule has 9 heteroatoms. The van der Waals surface area contributed by atoms with Gasteiger partial charge >= 0.3 is 12.1 Å². The minimum atomic E-state index is -4.89. The van der Waals surface area contributed by atoms with E-state index in [1.165, 1.54) is 6.07 Å². The molecule has 0 saturated carbocycles. The van der Waals surface area contributed by atoms with Gasteiger partial charge in [0.15, 0.2) is 11.5 Å². The Labute approximate surface area is 123 Å². The van der Waals surface area contributed by atoms with Crippen LogP contribution in [-0.2, 0) is 4.79 Å². The maximum Gasteiger partial charge on any atom is 0.471 e. The van der Waals surface area contributed by atoms with Crippen molar-refractivity contribution in [2.24, 2.45) is 0 Å². The zero-order chi connectivity index (χ0) is 16.2. The third-order valence-corrected chi connectivity index (χ3v) is 2.82. The Morgan fingerprint density at radius 2 is 1.77 bits per heavy atom. The third kappa shape index (κ3) is 4.03. The second-order valence-electron chi connectivity index (χ2n) is 4.43. The summed E-state index contributed by atoms with van der Waals surface area (Å²) in [7, 11) is 0. The summed E-state index contributed by atoms with van der Waals surface area (Å²) in [4.78, 5) is 22.4. The summed E-state index contributed by atoms with van der Waals surface area (Å²) in [6, 6.07) is 4.66. The molecule has 1 heterocycles. The number of ether oxygens (including phenoxy) is 2. The normalized spacial score (nSPS) is 12.9. The highest BCUT2D eigenvalue weighted by molar-refractivity contribution is 5.94. The van der Waals surface area contributed by atoms with Gasteiger partial charge in [-0.3, -0.25) is 9.59 Å². The molecule has 2 rings (SSSR count). The van der Waals surface area contributed by atoms with E-state index in [9.17, 15) is 22.8 Å². The van der Waals surface area contributed by atoms with Gasteiger partial charge < -0.3 is 20.1 Å². The Morgan fingerprint density at radius 1 is 1.09 bits per heavy atom. The summed E-state index contributed by atoms with van der Waals surface area (Å²) >= 11 is 0. The molecule has 22 heavy (non-hydrogen) atoms. The maximum atomic E-state index is 11.9. The average Bonchev–Trinajstić information content (AvgIpc) is 2.92. The van der Waals surface area contributed by atoms with Crippen LogP contribution < -0.4 is 20.1 Å². The van der Waals surface area contributed by atoms with Crippen LogP contribution in [0.1, 0.15) is 16.8 Å². The van der Waals surface area contributed by atoms with Crippen LogP contribution in [0.2, 0.25) is 0 Å². The van der Waals surface area contributed by atoms with Crippen LogP contribution in [0.15, 0.2) is 18.2 Å². The molecule has 1 aliphatic heterocycles. The van der Waals surface area contributed by atoms with Gasteiger partial charge in [0.1, 0.15) is 0 Å². The Morgan fingerprint density at radius 3 is 2.50 bits per heavy atom. The molecule has 0 aliphatic carbocycles. The molecule has 2 N–H and O–H groups in total. The monoisotopic (exact) mass is 318 g/mol. The van der Waals surface area contributed by atoms with Gasteiger partial charge in [0.2, 0.25) is 6.79 Å². The first-order valence-electron chi connectivity index (χ1n) is 6.41. The largest absolute Gasteiger partial charge is 0.471 e. The molecule has 0 bridgehead atoms. The van der Waals surface area contributed by atoms with E-state index in [1.807, 2.05) is 0 Å². The summed E-state index contributed by atoms with van der Waals surface area (Å²) in [6.45, 7) is 0.0461. The van der Waals surface area contributed by atoms with Gasteiger partial charge in [-0.15, -0.1) is 0 Å². The first kappa shape index (κ1) is 15.9. The van der Waals surface area contributed by atoms with Crippen molar-refractivity contribution in [3.63, 3.8) is 0 Å². The van der Waals surface area contributed by atoms with Crippen LogP contribution in [0.3, 0.4) is 0 Å². The van der Waals surface area contributed by atoms with E-state index in [2.05, 4.69) is 5.32 Å². The highest BCUT2D eigenvalue weighted by Crippen LogP contribution is 2.32. The second kappa shape index (κ2) is 6.54. The number of alkyl halides is 3. The Balaban J connectivity index is 1.71. The van der Waals surface area contributed by atoms with Gasteiger partial charge in [-0.1, -0.05) is 0 Å². The van der Waals surface area contributed by atoms with Gasteiger partial charge in [0, 0.05) is 18.7 Å². The smallest absolute Gasteiger partial charge is 0.454 e. The van der Waals surface area contributed by atoms with Crippen molar-refractivity contribution in [2.75, 3.05) is 19.9 Å². The minimum absolute atomic E-state index is 0.0965. The number of carbonyl (C=O) groups excluding carboxylic acids is 2. The van der Waals surface area contributed by atoms with Crippen molar-refractivity contribution < 1.29 is 32.2 Å². The zero-order valence-corrected chi connectivity index (χ0v) is 11.3. The Kier molecular flexibility index (Phi) is 4.74. The van der Waals surface area contributed by atoms with Crippen LogP contribution in [0, 0.1) is 0 Å². The standard InChI is InChI=1S/C13H13F3N2O4/c14-13(15,16)12(20)18-5-1-4-17-11(19)8-2-3-9-10(6-8)22-7-21-9/h2-3,6H,1,4-5,7H2,(H,17,19)(H,18,20). The molecule has 0 fully saturated rings. The van der Waals surface area contributed by atoms with Gasteiger partial charge in [-0.25, -0.2) is 0 Å². The number of rotatable bonds is 5. The number of nitrogens with one attached hydrogen (secondary N) is 2. The Hall–Kier alpha value is -2.45.